The fourth-order valence-corrected chi connectivity index (χ4v) is 4.16. The third kappa shape index (κ3) is 3.49. The number of nitrogens with zero attached hydrogens (tertiary/aromatic N) is 3. The molecule has 2 aromatic rings. The van der Waals surface area contributed by atoms with Crippen LogP contribution in [0.1, 0.15) is 0 Å². The zero-order valence-corrected chi connectivity index (χ0v) is 15.1. The first kappa shape index (κ1) is 18.2. The Morgan fingerprint density at radius 2 is 1.69 bits per heavy atom. The van der Waals surface area contributed by atoms with Crippen molar-refractivity contribution < 1.29 is 18.1 Å². The van der Waals surface area contributed by atoms with E-state index in [1.807, 2.05) is 12.1 Å². The van der Waals surface area contributed by atoms with Gasteiger partial charge >= 0.3 is 0 Å². The van der Waals surface area contributed by atoms with Crippen LogP contribution in [0.5, 0.6) is 0 Å². The summed E-state index contributed by atoms with van der Waals surface area (Å²) in [4.78, 5) is 12.3. The van der Waals surface area contributed by atoms with Gasteiger partial charge in [0.2, 0.25) is 0 Å². The number of anilines is 2. The van der Waals surface area contributed by atoms with Gasteiger partial charge in [0.25, 0.3) is 15.7 Å². The van der Waals surface area contributed by atoms with Crippen molar-refractivity contribution in [1.29, 1.82) is 0 Å². The minimum absolute atomic E-state index is 0.329. The number of hydrogen-bond donors (Lipinski definition) is 0. The summed E-state index contributed by atoms with van der Waals surface area (Å²) in [6, 6.07) is 12.4. The monoisotopic (exact) mass is 377 g/mol. The molecule has 3 rings (SSSR count). The molecule has 9 heteroatoms. The molecule has 0 atom stereocenters. The van der Waals surface area contributed by atoms with E-state index in [4.69, 9.17) is 4.74 Å². The predicted octanol–water partition coefficient (Wildman–Crippen LogP) is 2.26. The number of rotatable bonds is 5. The third-order valence-corrected chi connectivity index (χ3v) is 6.12. The summed E-state index contributed by atoms with van der Waals surface area (Å²) in [5.41, 5.74) is 0.970. The van der Waals surface area contributed by atoms with Gasteiger partial charge in [0.15, 0.2) is 4.90 Å². The topological polar surface area (TPSA) is 93.0 Å². The molecule has 0 aromatic heterocycles. The van der Waals surface area contributed by atoms with Crippen molar-refractivity contribution in [2.45, 2.75) is 4.90 Å². The SMILES string of the molecule is CN(c1ccc(N2CCOCC2)cc1)S(=O)(=O)c1ccccc1[N+](=O)[O-]. The maximum Gasteiger partial charge on any atom is 0.289 e. The molecule has 0 N–H and O–H groups in total. The van der Waals surface area contributed by atoms with E-state index in [0.717, 1.165) is 23.1 Å². The molecule has 0 bridgehead atoms. The highest BCUT2D eigenvalue weighted by molar-refractivity contribution is 7.93. The number of nitro groups is 1. The Kier molecular flexibility index (Phi) is 5.10. The highest BCUT2D eigenvalue weighted by atomic mass is 32.2. The van der Waals surface area contributed by atoms with Crippen LogP contribution in [0.15, 0.2) is 53.4 Å². The van der Waals surface area contributed by atoms with Gasteiger partial charge in [0.1, 0.15) is 0 Å². The van der Waals surface area contributed by atoms with Crippen molar-refractivity contribution in [3.8, 4) is 0 Å². The zero-order chi connectivity index (χ0) is 18.7. The van der Waals surface area contributed by atoms with Crippen LogP contribution in [-0.4, -0.2) is 46.7 Å². The molecular formula is C17H19N3O5S. The molecule has 1 fully saturated rings. The Bertz CT molecular complexity index is 893. The number of para-hydroxylation sites is 1. The molecule has 1 heterocycles. The lowest BCUT2D eigenvalue weighted by molar-refractivity contribution is -0.387. The van der Waals surface area contributed by atoms with Gasteiger partial charge in [0, 0.05) is 31.9 Å². The van der Waals surface area contributed by atoms with Gasteiger partial charge in [-0.1, -0.05) is 12.1 Å². The van der Waals surface area contributed by atoms with E-state index >= 15 is 0 Å². The summed E-state index contributed by atoms with van der Waals surface area (Å²) in [5.74, 6) is 0. The van der Waals surface area contributed by atoms with Gasteiger partial charge < -0.3 is 9.64 Å². The predicted molar refractivity (Wildman–Crippen MR) is 98.2 cm³/mol. The van der Waals surface area contributed by atoms with Gasteiger partial charge in [-0.2, -0.15) is 0 Å². The average molecular weight is 377 g/mol. The fraction of sp³-hybridized carbons (Fsp3) is 0.294. The standard InChI is InChI=1S/C17H19N3O5S/c1-18(26(23,24)17-5-3-2-4-16(17)20(21)22)14-6-8-15(9-7-14)19-10-12-25-13-11-19/h2-9H,10-13H2,1H3. The second-order valence-corrected chi connectivity index (χ2v) is 7.75. The van der Waals surface area contributed by atoms with Gasteiger partial charge in [-0.05, 0) is 30.3 Å². The summed E-state index contributed by atoms with van der Waals surface area (Å²) in [7, 11) is -2.66. The van der Waals surface area contributed by atoms with E-state index in [-0.39, 0.29) is 4.90 Å². The van der Waals surface area contributed by atoms with Gasteiger partial charge in [-0.15, -0.1) is 0 Å². The summed E-state index contributed by atoms with van der Waals surface area (Å²) in [6.07, 6.45) is 0. The summed E-state index contributed by atoms with van der Waals surface area (Å²) < 4.78 is 32.1. The summed E-state index contributed by atoms with van der Waals surface area (Å²) in [6.45, 7) is 2.88. The van der Waals surface area contributed by atoms with Crippen LogP contribution in [0.25, 0.3) is 0 Å². The van der Waals surface area contributed by atoms with Crippen LogP contribution in [-0.2, 0) is 14.8 Å². The molecule has 0 saturated carbocycles. The van der Waals surface area contributed by atoms with Crippen LogP contribution in [0.4, 0.5) is 17.1 Å². The van der Waals surface area contributed by atoms with Crippen molar-refractivity contribution in [3.63, 3.8) is 0 Å². The van der Waals surface area contributed by atoms with E-state index in [9.17, 15) is 18.5 Å². The molecule has 1 aliphatic rings. The van der Waals surface area contributed by atoms with E-state index in [2.05, 4.69) is 4.90 Å². The molecular weight excluding hydrogens is 358 g/mol. The molecule has 0 radical (unpaired) electrons. The van der Waals surface area contributed by atoms with Gasteiger partial charge in [-0.3, -0.25) is 14.4 Å². The summed E-state index contributed by atoms with van der Waals surface area (Å²) >= 11 is 0. The van der Waals surface area contributed by atoms with Crippen LogP contribution in [0.3, 0.4) is 0 Å². The molecule has 26 heavy (non-hydrogen) atoms. The van der Waals surface area contributed by atoms with Crippen LogP contribution in [0, 0.1) is 10.1 Å². The highest BCUT2D eigenvalue weighted by Crippen LogP contribution is 2.29. The number of ether oxygens (including phenoxy) is 1. The molecule has 0 amide bonds. The lowest BCUT2D eigenvalue weighted by atomic mass is 10.2. The highest BCUT2D eigenvalue weighted by Gasteiger charge is 2.29. The lowest BCUT2D eigenvalue weighted by Gasteiger charge is -2.29. The number of hydrogen-bond acceptors (Lipinski definition) is 6. The smallest absolute Gasteiger partial charge is 0.289 e. The van der Waals surface area contributed by atoms with Crippen LogP contribution >= 0.6 is 0 Å². The second kappa shape index (κ2) is 7.30. The largest absolute Gasteiger partial charge is 0.378 e. The Morgan fingerprint density at radius 3 is 2.31 bits per heavy atom. The Hall–Kier alpha value is -2.65. The zero-order valence-electron chi connectivity index (χ0n) is 14.2. The van der Waals surface area contributed by atoms with E-state index < -0.39 is 20.6 Å². The van der Waals surface area contributed by atoms with Crippen molar-refractivity contribution in [2.24, 2.45) is 0 Å². The third-order valence-electron chi connectivity index (χ3n) is 4.29. The average Bonchev–Trinajstić information content (AvgIpc) is 2.68. The molecule has 0 aliphatic carbocycles. The maximum absolute atomic E-state index is 12.8. The number of benzene rings is 2. The summed E-state index contributed by atoms with van der Waals surface area (Å²) in [5, 5.41) is 11.2. The number of morpholine rings is 1. The Morgan fingerprint density at radius 1 is 1.08 bits per heavy atom. The molecule has 0 spiro atoms. The van der Waals surface area contributed by atoms with E-state index in [1.54, 1.807) is 12.1 Å². The van der Waals surface area contributed by atoms with Crippen LogP contribution < -0.4 is 9.21 Å². The first-order valence-electron chi connectivity index (χ1n) is 8.06. The van der Waals surface area contributed by atoms with E-state index in [0.29, 0.717) is 18.9 Å². The Balaban J connectivity index is 1.88. The normalized spacial score (nSPS) is 14.9. The lowest BCUT2D eigenvalue weighted by Crippen LogP contribution is -2.36. The molecule has 1 saturated heterocycles. The first-order chi connectivity index (χ1) is 12.4. The molecule has 1 aliphatic heterocycles. The fourth-order valence-electron chi connectivity index (χ4n) is 2.81. The van der Waals surface area contributed by atoms with Gasteiger partial charge in [-0.25, -0.2) is 8.42 Å². The molecule has 2 aromatic carbocycles. The number of nitro benzene ring substituents is 1. The molecule has 138 valence electrons. The second-order valence-electron chi connectivity index (χ2n) is 5.81. The first-order valence-corrected chi connectivity index (χ1v) is 9.50. The molecule has 8 nitrogen and oxygen atoms in total. The minimum Gasteiger partial charge on any atom is -0.378 e. The maximum atomic E-state index is 12.8. The molecule has 0 unspecified atom stereocenters. The van der Waals surface area contributed by atoms with Crippen molar-refractivity contribution >= 4 is 27.1 Å². The minimum atomic E-state index is -4.05. The van der Waals surface area contributed by atoms with Crippen molar-refractivity contribution in [2.75, 3.05) is 42.6 Å². The van der Waals surface area contributed by atoms with Gasteiger partial charge in [0.05, 0.1) is 23.8 Å². The Labute approximate surface area is 151 Å². The van der Waals surface area contributed by atoms with Crippen molar-refractivity contribution in [3.05, 3.63) is 58.6 Å². The number of sulfonamides is 1. The quantitative estimate of drug-likeness (QED) is 0.586. The van der Waals surface area contributed by atoms with Crippen molar-refractivity contribution in [1.82, 2.24) is 0 Å². The van der Waals surface area contributed by atoms with Crippen LogP contribution in [0.2, 0.25) is 0 Å². The van der Waals surface area contributed by atoms with E-state index in [1.165, 1.54) is 31.3 Å².